The monoisotopic (exact) mass is 295 g/mol. The van der Waals surface area contributed by atoms with Crippen molar-refractivity contribution in [2.45, 2.75) is 6.61 Å². The maximum atomic E-state index is 12.1. The molecule has 4 nitrogen and oxygen atoms in total. The molecular weight excluding hydrogens is 278 g/mol. The molecule has 0 aromatic heterocycles. The molecule has 0 amide bonds. The maximum Gasteiger partial charge on any atom is 0.336 e. The number of hydrogen-bond donors (Lipinski definition) is 1. The first kappa shape index (κ1) is 14.2. The number of hydrogen-bond acceptors (Lipinski definition) is 4. The van der Waals surface area contributed by atoms with Crippen LogP contribution in [0, 0.1) is 0 Å². The highest BCUT2D eigenvalue weighted by atomic mass is 16.5. The molecule has 0 radical (unpaired) electrons. The molecule has 0 spiro atoms. The lowest BCUT2D eigenvalue weighted by atomic mass is 10.0. The van der Waals surface area contributed by atoms with Gasteiger partial charge in [-0.2, -0.15) is 0 Å². The van der Waals surface area contributed by atoms with Crippen molar-refractivity contribution in [3.8, 4) is 5.75 Å². The van der Waals surface area contributed by atoms with E-state index in [0.29, 0.717) is 12.1 Å². The molecule has 0 bridgehead atoms. The number of rotatable bonds is 4. The van der Waals surface area contributed by atoms with Gasteiger partial charge in [0.05, 0.1) is 12.7 Å². The minimum atomic E-state index is -0.294. The van der Waals surface area contributed by atoms with Crippen molar-refractivity contribution in [2.24, 2.45) is 0 Å². The topological polar surface area (TPSA) is 47.6 Å². The van der Waals surface area contributed by atoms with Crippen molar-refractivity contribution in [1.82, 2.24) is 0 Å². The van der Waals surface area contributed by atoms with Crippen LogP contribution in [0.3, 0.4) is 0 Å². The first-order valence-electron chi connectivity index (χ1n) is 7.10. The van der Waals surface area contributed by atoms with Gasteiger partial charge in [-0.05, 0) is 35.4 Å². The van der Waals surface area contributed by atoms with Gasteiger partial charge in [0.1, 0.15) is 12.4 Å². The SMILES string of the molecule is COc1ccc(COC(=O)C2=Cc3ccccc3NC2)cc1. The fraction of sp³-hybridized carbons (Fsp3) is 0.167. The van der Waals surface area contributed by atoms with Crippen LogP contribution in [0.5, 0.6) is 5.75 Å². The lowest BCUT2D eigenvalue weighted by Crippen LogP contribution is -2.18. The van der Waals surface area contributed by atoms with Gasteiger partial charge in [0.2, 0.25) is 0 Å². The summed E-state index contributed by atoms with van der Waals surface area (Å²) >= 11 is 0. The first-order chi connectivity index (χ1) is 10.8. The molecule has 0 unspecified atom stereocenters. The number of fused-ring (bicyclic) bond motifs is 1. The Hall–Kier alpha value is -2.75. The Morgan fingerprint density at radius 1 is 1.14 bits per heavy atom. The summed E-state index contributed by atoms with van der Waals surface area (Å²) in [5, 5.41) is 3.22. The second kappa shape index (κ2) is 6.35. The number of carbonyl (C=O) groups excluding carboxylic acids is 1. The number of esters is 1. The predicted molar refractivity (Wildman–Crippen MR) is 85.7 cm³/mol. The summed E-state index contributed by atoms with van der Waals surface area (Å²) in [5.41, 5.74) is 3.60. The molecule has 2 aromatic rings. The molecular formula is C18H17NO3. The van der Waals surface area contributed by atoms with Crippen LogP contribution >= 0.6 is 0 Å². The van der Waals surface area contributed by atoms with E-state index in [0.717, 1.165) is 22.6 Å². The number of ether oxygens (including phenoxy) is 2. The molecule has 1 aliphatic rings. The zero-order valence-corrected chi connectivity index (χ0v) is 12.3. The van der Waals surface area contributed by atoms with Gasteiger partial charge in [-0.1, -0.05) is 30.3 Å². The molecule has 112 valence electrons. The number of nitrogens with one attached hydrogen (secondary N) is 1. The normalized spacial score (nSPS) is 12.7. The largest absolute Gasteiger partial charge is 0.497 e. The minimum absolute atomic E-state index is 0.252. The molecule has 0 saturated carbocycles. The van der Waals surface area contributed by atoms with E-state index in [1.165, 1.54) is 0 Å². The Morgan fingerprint density at radius 3 is 2.68 bits per heavy atom. The summed E-state index contributed by atoms with van der Waals surface area (Å²) in [6.07, 6.45) is 1.88. The molecule has 0 saturated heterocycles. The number of carbonyl (C=O) groups is 1. The van der Waals surface area contributed by atoms with E-state index in [4.69, 9.17) is 9.47 Å². The molecule has 1 aliphatic heterocycles. The Kier molecular flexibility index (Phi) is 4.10. The average Bonchev–Trinajstić information content (AvgIpc) is 2.59. The Morgan fingerprint density at radius 2 is 1.91 bits per heavy atom. The first-order valence-corrected chi connectivity index (χ1v) is 7.10. The molecule has 4 heteroatoms. The number of methoxy groups -OCH3 is 1. The third-order valence-corrected chi connectivity index (χ3v) is 3.55. The molecule has 0 fully saturated rings. The van der Waals surface area contributed by atoms with E-state index in [9.17, 15) is 4.79 Å². The van der Waals surface area contributed by atoms with Crippen LogP contribution in [-0.4, -0.2) is 19.6 Å². The van der Waals surface area contributed by atoms with E-state index >= 15 is 0 Å². The zero-order chi connectivity index (χ0) is 15.4. The van der Waals surface area contributed by atoms with E-state index in [1.807, 2.05) is 54.6 Å². The van der Waals surface area contributed by atoms with Crippen molar-refractivity contribution in [3.05, 3.63) is 65.2 Å². The highest BCUT2D eigenvalue weighted by Gasteiger charge is 2.16. The quantitative estimate of drug-likeness (QED) is 0.880. The standard InChI is InChI=1S/C18H17NO3/c1-21-16-8-6-13(7-9-16)12-22-18(20)15-10-14-4-2-3-5-17(14)19-11-15/h2-10,19H,11-12H2,1H3. The van der Waals surface area contributed by atoms with Crippen LogP contribution in [0.25, 0.3) is 6.08 Å². The molecule has 2 aromatic carbocycles. The third kappa shape index (κ3) is 3.11. The van der Waals surface area contributed by atoms with Crippen LogP contribution < -0.4 is 10.1 Å². The Labute approximate surface area is 129 Å². The minimum Gasteiger partial charge on any atom is -0.497 e. The highest BCUT2D eigenvalue weighted by Crippen LogP contribution is 2.23. The predicted octanol–water partition coefficient (Wildman–Crippen LogP) is 3.25. The van der Waals surface area contributed by atoms with Crippen LogP contribution in [0.4, 0.5) is 5.69 Å². The third-order valence-electron chi connectivity index (χ3n) is 3.55. The summed E-state index contributed by atoms with van der Waals surface area (Å²) in [6.45, 7) is 0.736. The average molecular weight is 295 g/mol. The van der Waals surface area contributed by atoms with Crippen LogP contribution in [0.2, 0.25) is 0 Å². The van der Waals surface area contributed by atoms with Crippen LogP contribution in [0.15, 0.2) is 54.1 Å². The van der Waals surface area contributed by atoms with Crippen molar-refractivity contribution >= 4 is 17.7 Å². The van der Waals surface area contributed by atoms with Crippen molar-refractivity contribution in [3.63, 3.8) is 0 Å². The number of para-hydroxylation sites is 1. The Balaban J connectivity index is 1.64. The molecule has 0 aliphatic carbocycles. The molecule has 22 heavy (non-hydrogen) atoms. The van der Waals surface area contributed by atoms with Crippen molar-refractivity contribution in [1.29, 1.82) is 0 Å². The summed E-state index contributed by atoms with van der Waals surface area (Å²) < 4.78 is 10.5. The van der Waals surface area contributed by atoms with Gasteiger partial charge in [-0.3, -0.25) is 0 Å². The smallest absolute Gasteiger partial charge is 0.336 e. The van der Waals surface area contributed by atoms with Gasteiger partial charge >= 0.3 is 5.97 Å². The highest BCUT2D eigenvalue weighted by molar-refractivity contribution is 5.97. The second-order valence-corrected chi connectivity index (χ2v) is 5.03. The maximum absolute atomic E-state index is 12.1. The summed E-state index contributed by atoms with van der Waals surface area (Å²) in [4.78, 5) is 12.1. The fourth-order valence-electron chi connectivity index (χ4n) is 2.31. The summed E-state index contributed by atoms with van der Waals surface area (Å²) in [5.74, 6) is 0.490. The molecule has 1 N–H and O–H groups in total. The zero-order valence-electron chi connectivity index (χ0n) is 12.3. The summed E-state index contributed by atoms with van der Waals surface area (Å²) in [6, 6.07) is 15.3. The van der Waals surface area contributed by atoms with E-state index in [-0.39, 0.29) is 12.6 Å². The fourth-order valence-corrected chi connectivity index (χ4v) is 2.31. The summed E-state index contributed by atoms with van der Waals surface area (Å²) in [7, 11) is 1.62. The van der Waals surface area contributed by atoms with Gasteiger partial charge < -0.3 is 14.8 Å². The number of benzene rings is 2. The molecule has 3 rings (SSSR count). The molecule has 1 heterocycles. The van der Waals surface area contributed by atoms with Gasteiger partial charge in [-0.15, -0.1) is 0 Å². The van der Waals surface area contributed by atoms with Gasteiger partial charge in [0.25, 0.3) is 0 Å². The lowest BCUT2D eigenvalue weighted by Gasteiger charge is -2.17. The van der Waals surface area contributed by atoms with Gasteiger partial charge in [-0.25, -0.2) is 4.79 Å². The molecule has 0 atom stereocenters. The van der Waals surface area contributed by atoms with Crippen molar-refractivity contribution < 1.29 is 14.3 Å². The van der Waals surface area contributed by atoms with E-state index < -0.39 is 0 Å². The Bertz CT molecular complexity index is 705. The second-order valence-electron chi connectivity index (χ2n) is 5.03. The van der Waals surface area contributed by atoms with E-state index in [1.54, 1.807) is 7.11 Å². The van der Waals surface area contributed by atoms with Gasteiger partial charge in [0.15, 0.2) is 0 Å². The van der Waals surface area contributed by atoms with Gasteiger partial charge in [0, 0.05) is 12.2 Å². The number of anilines is 1. The van der Waals surface area contributed by atoms with Crippen LogP contribution in [0.1, 0.15) is 11.1 Å². The van der Waals surface area contributed by atoms with Crippen molar-refractivity contribution in [2.75, 3.05) is 19.0 Å². The lowest BCUT2D eigenvalue weighted by molar-refractivity contribution is -0.140. The van der Waals surface area contributed by atoms with Crippen LogP contribution in [-0.2, 0) is 16.1 Å². The van der Waals surface area contributed by atoms with E-state index in [2.05, 4.69) is 5.32 Å².